The Morgan fingerprint density at radius 2 is 1.61 bits per heavy atom. The second kappa shape index (κ2) is 11.5. The number of anilines is 1. The van der Waals surface area contributed by atoms with Crippen LogP contribution in [-0.4, -0.2) is 24.4 Å². The summed E-state index contributed by atoms with van der Waals surface area (Å²) in [4.78, 5) is 36.0. The molecule has 0 aliphatic carbocycles. The van der Waals surface area contributed by atoms with Gasteiger partial charge < -0.3 is 20.1 Å². The van der Waals surface area contributed by atoms with Gasteiger partial charge in [-0.15, -0.1) is 0 Å². The highest BCUT2D eigenvalue weighted by Gasteiger charge is 2.09. The van der Waals surface area contributed by atoms with E-state index in [0.717, 1.165) is 16.9 Å². The number of nitrogens with one attached hydrogen (secondary N) is 2. The van der Waals surface area contributed by atoms with E-state index in [2.05, 4.69) is 10.6 Å². The van der Waals surface area contributed by atoms with Crippen molar-refractivity contribution in [3.63, 3.8) is 0 Å². The number of ether oxygens (including phenoxy) is 2. The Morgan fingerprint density at radius 3 is 2.33 bits per heavy atom. The van der Waals surface area contributed by atoms with E-state index < -0.39 is 5.97 Å². The van der Waals surface area contributed by atoms with Crippen molar-refractivity contribution in [3.8, 4) is 11.5 Å². The van der Waals surface area contributed by atoms with Crippen LogP contribution in [0.2, 0.25) is 0 Å². The van der Waals surface area contributed by atoms with Crippen LogP contribution < -0.4 is 20.1 Å². The van der Waals surface area contributed by atoms with Gasteiger partial charge in [0, 0.05) is 24.7 Å². The fourth-order valence-electron chi connectivity index (χ4n) is 3.15. The predicted octanol–water partition coefficient (Wildman–Crippen LogP) is 4.12. The molecule has 3 aromatic carbocycles. The van der Waals surface area contributed by atoms with Gasteiger partial charge >= 0.3 is 5.97 Å². The van der Waals surface area contributed by atoms with Gasteiger partial charge in [-0.2, -0.15) is 0 Å². The SMILES string of the molecule is CCOc1ccc(CC(=O)NCc2cccc(NC(=O)c3cccc(OC(C)=O)c3)c2)cc1. The van der Waals surface area contributed by atoms with Crippen LogP contribution in [0.3, 0.4) is 0 Å². The molecule has 0 aliphatic heterocycles. The summed E-state index contributed by atoms with van der Waals surface area (Å²) in [6.07, 6.45) is 0.265. The van der Waals surface area contributed by atoms with E-state index >= 15 is 0 Å². The first-order chi connectivity index (χ1) is 15.9. The molecule has 0 saturated carbocycles. The fraction of sp³-hybridized carbons (Fsp3) is 0.192. The Bertz CT molecular complexity index is 1130. The molecule has 0 fully saturated rings. The Hall–Kier alpha value is -4.13. The lowest BCUT2D eigenvalue weighted by molar-refractivity contribution is -0.131. The van der Waals surface area contributed by atoms with Crippen molar-refractivity contribution < 1.29 is 23.9 Å². The zero-order valence-electron chi connectivity index (χ0n) is 18.6. The highest BCUT2D eigenvalue weighted by molar-refractivity contribution is 6.04. The highest BCUT2D eigenvalue weighted by Crippen LogP contribution is 2.17. The summed E-state index contributed by atoms with van der Waals surface area (Å²) < 4.78 is 10.4. The minimum atomic E-state index is -0.454. The normalized spacial score (nSPS) is 10.2. The first-order valence-corrected chi connectivity index (χ1v) is 10.6. The molecule has 7 nitrogen and oxygen atoms in total. The number of amides is 2. The number of benzene rings is 3. The molecule has 33 heavy (non-hydrogen) atoms. The molecule has 0 bridgehead atoms. The molecule has 0 spiro atoms. The standard InChI is InChI=1S/C26H26N2O5/c1-3-32-23-12-10-19(11-13-23)15-25(30)27-17-20-6-4-8-22(14-20)28-26(31)21-7-5-9-24(16-21)33-18(2)29/h4-14,16H,3,15,17H2,1-2H3,(H,27,30)(H,28,31). The van der Waals surface area contributed by atoms with Crippen molar-refractivity contribution >= 4 is 23.5 Å². The zero-order chi connectivity index (χ0) is 23.6. The number of carbonyl (C=O) groups excluding carboxylic acids is 3. The van der Waals surface area contributed by atoms with Crippen molar-refractivity contribution in [2.45, 2.75) is 26.8 Å². The van der Waals surface area contributed by atoms with Gasteiger partial charge in [0.1, 0.15) is 11.5 Å². The molecule has 0 unspecified atom stereocenters. The summed E-state index contributed by atoms with van der Waals surface area (Å²) >= 11 is 0. The number of carbonyl (C=O) groups is 3. The second-order valence-electron chi connectivity index (χ2n) is 7.31. The largest absolute Gasteiger partial charge is 0.494 e. The molecule has 0 atom stereocenters. The van der Waals surface area contributed by atoms with Crippen LogP contribution in [-0.2, 0) is 22.6 Å². The molecule has 0 aliphatic rings. The summed E-state index contributed by atoms with van der Waals surface area (Å²) in [7, 11) is 0. The molecule has 7 heteroatoms. The van der Waals surface area contributed by atoms with Gasteiger partial charge in [0.2, 0.25) is 5.91 Å². The molecule has 2 amide bonds. The first-order valence-electron chi connectivity index (χ1n) is 10.6. The van der Waals surface area contributed by atoms with E-state index in [4.69, 9.17) is 9.47 Å². The number of rotatable bonds is 9. The van der Waals surface area contributed by atoms with Crippen molar-refractivity contribution in [2.24, 2.45) is 0 Å². The third-order valence-electron chi connectivity index (χ3n) is 4.63. The van der Waals surface area contributed by atoms with E-state index in [0.29, 0.717) is 30.2 Å². The fourth-order valence-corrected chi connectivity index (χ4v) is 3.15. The van der Waals surface area contributed by atoms with Gasteiger partial charge in [0.25, 0.3) is 5.91 Å². The van der Waals surface area contributed by atoms with Crippen LogP contribution in [0.15, 0.2) is 72.8 Å². The van der Waals surface area contributed by atoms with Gasteiger partial charge in [-0.05, 0) is 60.5 Å². The van der Waals surface area contributed by atoms with Crippen molar-refractivity contribution in [1.29, 1.82) is 0 Å². The van der Waals surface area contributed by atoms with Gasteiger partial charge in [0.15, 0.2) is 0 Å². The van der Waals surface area contributed by atoms with Crippen LogP contribution in [0.5, 0.6) is 11.5 Å². The molecule has 170 valence electrons. The smallest absolute Gasteiger partial charge is 0.308 e. The minimum Gasteiger partial charge on any atom is -0.494 e. The molecule has 0 saturated heterocycles. The third kappa shape index (κ3) is 7.50. The molecule has 3 rings (SSSR count). The molecular formula is C26H26N2O5. The van der Waals surface area contributed by atoms with Crippen molar-refractivity contribution in [3.05, 3.63) is 89.5 Å². The van der Waals surface area contributed by atoms with Crippen molar-refractivity contribution in [1.82, 2.24) is 5.32 Å². The monoisotopic (exact) mass is 446 g/mol. The topological polar surface area (TPSA) is 93.7 Å². The number of hydrogen-bond donors (Lipinski definition) is 2. The number of esters is 1. The zero-order valence-corrected chi connectivity index (χ0v) is 18.6. The van der Waals surface area contributed by atoms with Crippen LogP contribution in [0, 0.1) is 0 Å². The predicted molar refractivity (Wildman–Crippen MR) is 125 cm³/mol. The van der Waals surface area contributed by atoms with E-state index in [1.54, 1.807) is 36.4 Å². The maximum atomic E-state index is 12.6. The minimum absolute atomic E-state index is 0.101. The molecule has 0 heterocycles. The second-order valence-corrected chi connectivity index (χ2v) is 7.31. The Kier molecular flexibility index (Phi) is 8.18. The Balaban J connectivity index is 1.54. The van der Waals surface area contributed by atoms with E-state index in [9.17, 15) is 14.4 Å². The van der Waals surface area contributed by atoms with Crippen LogP contribution in [0.25, 0.3) is 0 Å². The molecule has 2 N–H and O–H groups in total. The van der Waals surface area contributed by atoms with Gasteiger partial charge in [-0.1, -0.05) is 30.3 Å². The van der Waals surface area contributed by atoms with Gasteiger partial charge in [0.05, 0.1) is 13.0 Å². The molecule has 0 aromatic heterocycles. The molecular weight excluding hydrogens is 420 g/mol. The van der Waals surface area contributed by atoms with Crippen LogP contribution >= 0.6 is 0 Å². The lowest BCUT2D eigenvalue weighted by atomic mass is 10.1. The average Bonchev–Trinajstić information content (AvgIpc) is 2.79. The first kappa shape index (κ1) is 23.5. The maximum absolute atomic E-state index is 12.6. The van der Waals surface area contributed by atoms with E-state index in [1.165, 1.54) is 13.0 Å². The Morgan fingerprint density at radius 1 is 0.848 bits per heavy atom. The molecule has 0 radical (unpaired) electrons. The van der Waals surface area contributed by atoms with Crippen LogP contribution in [0.4, 0.5) is 5.69 Å². The average molecular weight is 447 g/mol. The Labute approximate surface area is 192 Å². The summed E-state index contributed by atoms with van der Waals surface area (Å²) in [5.41, 5.74) is 2.70. The van der Waals surface area contributed by atoms with Gasteiger partial charge in [-0.25, -0.2) is 0 Å². The maximum Gasteiger partial charge on any atom is 0.308 e. The summed E-state index contributed by atoms with van der Waals surface area (Å²) in [5, 5.41) is 5.71. The number of hydrogen-bond acceptors (Lipinski definition) is 5. The van der Waals surface area contributed by atoms with Gasteiger partial charge in [-0.3, -0.25) is 14.4 Å². The van der Waals surface area contributed by atoms with Crippen molar-refractivity contribution in [2.75, 3.05) is 11.9 Å². The highest BCUT2D eigenvalue weighted by atomic mass is 16.5. The third-order valence-corrected chi connectivity index (χ3v) is 4.63. The summed E-state index contributed by atoms with van der Waals surface area (Å²) in [6.45, 7) is 4.15. The van der Waals surface area contributed by atoms with Crippen LogP contribution in [0.1, 0.15) is 35.3 Å². The quantitative estimate of drug-likeness (QED) is 0.381. The summed E-state index contributed by atoms with van der Waals surface area (Å²) in [5.74, 6) is 0.194. The van der Waals surface area contributed by atoms with E-state index in [1.807, 2.05) is 37.3 Å². The molecule has 3 aromatic rings. The lowest BCUT2D eigenvalue weighted by Gasteiger charge is -2.10. The lowest BCUT2D eigenvalue weighted by Crippen LogP contribution is -2.24. The summed E-state index contributed by atoms with van der Waals surface area (Å²) in [6, 6.07) is 21.1. The van der Waals surface area contributed by atoms with E-state index in [-0.39, 0.29) is 18.2 Å².